The second-order valence-corrected chi connectivity index (χ2v) is 16.5. The summed E-state index contributed by atoms with van der Waals surface area (Å²) in [6.45, 7) is 3.97. The summed E-state index contributed by atoms with van der Waals surface area (Å²) in [7, 11) is 0. The van der Waals surface area contributed by atoms with Crippen LogP contribution >= 0.6 is 0 Å². The van der Waals surface area contributed by atoms with Gasteiger partial charge in [-0.25, -0.2) is 0 Å². The van der Waals surface area contributed by atoms with E-state index < -0.39 is 6.10 Å². The second-order valence-electron chi connectivity index (χ2n) is 16.5. The Balaban J connectivity index is 3.54. The Labute approximate surface area is 382 Å². The summed E-state index contributed by atoms with van der Waals surface area (Å²) in [5.74, 6) is -0.609. The molecule has 0 rings (SSSR count). The quantitative estimate of drug-likeness (QED) is 0.0375. The van der Waals surface area contributed by atoms with E-state index in [0.717, 1.165) is 96.3 Å². The van der Waals surface area contributed by atoms with Gasteiger partial charge in [-0.2, -0.15) is 0 Å². The predicted octanol–water partition coefficient (Wildman–Crippen LogP) is 17.0. The van der Waals surface area contributed by atoms with Crippen LogP contribution in [0.3, 0.4) is 0 Å². The Hall–Kier alpha value is -3.44. The molecule has 0 aliphatic rings. The Morgan fingerprint density at radius 3 is 1.06 bits per heavy atom. The molecule has 0 fully saturated rings. The molecule has 0 heterocycles. The molecule has 0 aromatic heterocycles. The third-order valence-corrected chi connectivity index (χ3v) is 10.6. The summed E-state index contributed by atoms with van der Waals surface area (Å²) in [4.78, 5) is 24.3. The van der Waals surface area contributed by atoms with E-state index >= 15 is 0 Å². The molecule has 0 bridgehead atoms. The van der Waals surface area contributed by atoms with Gasteiger partial charge in [-0.3, -0.25) is 9.59 Å². The van der Waals surface area contributed by atoms with Crippen molar-refractivity contribution in [1.82, 2.24) is 0 Å². The van der Waals surface area contributed by atoms with E-state index in [-0.39, 0.29) is 25.2 Å². The highest BCUT2D eigenvalue weighted by Crippen LogP contribution is 2.14. The monoisotopic (exact) mass is 859 g/mol. The molecule has 1 unspecified atom stereocenters. The van der Waals surface area contributed by atoms with Gasteiger partial charge in [-0.1, -0.05) is 220 Å². The number of aliphatic hydroxyl groups is 1. The lowest BCUT2D eigenvalue weighted by Crippen LogP contribution is -2.28. The third kappa shape index (κ3) is 49.2. The van der Waals surface area contributed by atoms with Crippen LogP contribution in [0.5, 0.6) is 0 Å². The lowest BCUT2D eigenvalue weighted by atomic mass is 10.0. The zero-order valence-corrected chi connectivity index (χ0v) is 40.1. The summed E-state index contributed by atoms with van der Waals surface area (Å²) in [5, 5.41) is 9.59. The molecule has 0 saturated carbocycles. The van der Waals surface area contributed by atoms with E-state index in [2.05, 4.69) is 123 Å². The predicted molar refractivity (Wildman–Crippen MR) is 269 cm³/mol. The largest absolute Gasteiger partial charge is 0.462 e. The van der Waals surface area contributed by atoms with Gasteiger partial charge in [0.15, 0.2) is 6.10 Å². The Morgan fingerprint density at radius 2 is 0.694 bits per heavy atom. The summed E-state index contributed by atoms with van der Waals surface area (Å²) in [6, 6.07) is 0. The summed E-state index contributed by atoms with van der Waals surface area (Å²) in [5.41, 5.74) is 0. The van der Waals surface area contributed by atoms with Crippen LogP contribution in [0, 0.1) is 0 Å². The molecule has 5 nitrogen and oxygen atoms in total. The molecule has 0 aromatic carbocycles. The van der Waals surface area contributed by atoms with Gasteiger partial charge in [0.2, 0.25) is 0 Å². The third-order valence-electron chi connectivity index (χ3n) is 10.6. The van der Waals surface area contributed by atoms with Crippen LogP contribution in [0.1, 0.15) is 219 Å². The van der Waals surface area contributed by atoms with Gasteiger partial charge in [0, 0.05) is 12.8 Å². The molecular weight excluding hydrogens is 765 g/mol. The van der Waals surface area contributed by atoms with Crippen molar-refractivity contribution in [1.29, 1.82) is 0 Å². The summed E-state index contributed by atoms with van der Waals surface area (Å²) in [6.07, 6.45) is 74.8. The number of esters is 2. The number of hydrogen-bond acceptors (Lipinski definition) is 5. The van der Waals surface area contributed by atoms with Gasteiger partial charge in [0.25, 0.3) is 0 Å². The van der Waals surface area contributed by atoms with Crippen molar-refractivity contribution in [2.24, 2.45) is 0 Å². The van der Waals surface area contributed by atoms with Crippen LogP contribution in [0.25, 0.3) is 0 Å². The van der Waals surface area contributed by atoms with Crippen LogP contribution in [0.4, 0.5) is 0 Å². The number of carbonyl (C=O) groups is 2. The number of allylic oxidation sites excluding steroid dienone is 18. The maximum Gasteiger partial charge on any atom is 0.306 e. The molecule has 0 saturated heterocycles. The van der Waals surface area contributed by atoms with Crippen molar-refractivity contribution in [2.45, 2.75) is 225 Å². The highest BCUT2D eigenvalue weighted by Gasteiger charge is 2.16. The van der Waals surface area contributed by atoms with E-state index in [9.17, 15) is 14.7 Å². The SMILES string of the molecule is CC/C=C\C/C=C\C/C=C\C/C=C\C/C=C\C/C=C\C/C=C\C/C=C\CCCCCCCCCCCCCCC(=O)OC(CO)COC(=O)CCCCCCC/C=C\CCCC. The zero-order chi connectivity index (χ0) is 44.9. The summed E-state index contributed by atoms with van der Waals surface area (Å²) >= 11 is 0. The normalized spacial score (nSPS) is 13.1. The first kappa shape index (κ1) is 58.6. The average molecular weight is 859 g/mol. The molecule has 0 aromatic rings. The number of carbonyl (C=O) groups excluding carboxylic acids is 2. The van der Waals surface area contributed by atoms with Crippen LogP contribution in [0.15, 0.2) is 109 Å². The van der Waals surface area contributed by atoms with Gasteiger partial charge >= 0.3 is 11.9 Å². The van der Waals surface area contributed by atoms with E-state index in [1.165, 1.54) is 96.3 Å². The molecule has 62 heavy (non-hydrogen) atoms. The number of ether oxygens (including phenoxy) is 2. The standard InChI is InChI=1S/C57H94O5/c1-3-5-7-9-11-13-15-16-17-18-19-20-21-22-23-24-25-26-27-28-29-30-31-32-33-34-35-36-37-38-39-40-42-44-46-48-50-52-57(60)62-55(53-58)54-61-56(59)51-49-47-45-43-41-14-12-10-8-6-4-2/h5,7,10-13,16-17,19-20,22-23,25-26,28-29,31-32,55,58H,3-4,6,8-9,14-15,18,21,24,27,30,33-54H2,1-2H3/b7-5-,12-10-,13-11-,17-16-,20-19-,23-22-,26-25-,29-28-,32-31-. The molecule has 0 spiro atoms. The number of hydrogen-bond donors (Lipinski definition) is 1. The molecule has 0 aliphatic carbocycles. The molecule has 0 aliphatic heterocycles. The topological polar surface area (TPSA) is 72.8 Å². The van der Waals surface area contributed by atoms with Crippen molar-refractivity contribution in [3.05, 3.63) is 109 Å². The van der Waals surface area contributed by atoms with Crippen LogP contribution in [0.2, 0.25) is 0 Å². The molecule has 0 amide bonds. The van der Waals surface area contributed by atoms with Gasteiger partial charge in [0.1, 0.15) is 6.61 Å². The van der Waals surface area contributed by atoms with Crippen molar-refractivity contribution in [2.75, 3.05) is 13.2 Å². The van der Waals surface area contributed by atoms with Crippen molar-refractivity contribution in [3.63, 3.8) is 0 Å². The van der Waals surface area contributed by atoms with Crippen LogP contribution in [-0.4, -0.2) is 36.4 Å². The van der Waals surface area contributed by atoms with Gasteiger partial charge in [0.05, 0.1) is 6.61 Å². The first-order valence-corrected chi connectivity index (χ1v) is 25.4. The van der Waals surface area contributed by atoms with Gasteiger partial charge in [-0.05, 0) is 96.3 Å². The van der Waals surface area contributed by atoms with Gasteiger partial charge < -0.3 is 14.6 Å². The van der Waals surface area contributed by atoms with Crippen molar-refractivity contribution < 1.29 is 24.2 Å². The Morgan fingerprint density at radius 1 is 0.387 bits per heavy atom. The number of rotatable bonds is 45. The van der Waals surface area contributed by atoms with Crippen molar-refractivity contribution >= 4 is 11.9 Å². The Kier molecular flexibility index (Phi) is 49.0. The van der Waals surface area contributed by atoms with E-state index in [1.54, 1.807) is 0 Å². The average Bonchev–Trinajstić information content (AvgIpc) is 3.28. The van der Waals surface area contributed by atoms with Crippen LogP contribution in [-0.2, 0) is 19.1 Å². The van der Waals surface area contributed by atoms with E-state index in [1.807, 2.05) is 0 Å². The minimum atomic E-state index is -0.780. The number of unbranched alkanes of at least 4 members (excludes halogenated alkanes) is 19. The maximum absolute atomic E-state index is 12.2. The molecule has 0 radical (unpaired) electrons. The highest BCUT2D eigenvalue weighted by molar-refractivity contribution is 5.70. The first-order valence-electron chi connectivity index (χ1n) is 25.4. The maximum atomic E-state index is 12.2. The molecule has 1 N–H and O–H groups in total. The summed E-state index contributed by atoms with van der Waals surface area (Å²) < 4.78 is 10.6. The minimum Gasteiger partial charge on any atom is -0.462 e. The van der Waals surface area contributed by atoms with E-state index in [0.29, 0.717) is 12.8 Å². The fourth-order valence-corrected chi connectivity index (χ4v) is 6.73. The lowest BCUT2D eigenvalue weighted by Gasteiger charge is -2.15. The van der Waals surface area contributed by atoms with Crippen molar-refractivity contribution in [3.8, 4) is 0 Å². The zero-order valence-electron chi connectivity index (χ0n) is 40.1. The molecule has 5 heteroatoms. The Bertz CT molecular complexity index is 1250. The molecule has 352 valence electrons. The fourth-order valence-electron chi connectivity index (χ4n) is 6.73. The molecular formula is C57H94O5. The molecule has 1 atom stereocenters. The number of aliphatic hydroxyl groups excluding tert-OH is 1. The smallest absolute Gasteiger partial charge is 0.306 e. The van der Waals surface area contributed by atoms with E-state index in [4.69, 9.17) is 9.47 Å². The van der Waals surface area contributed by atoms with Gasteiger partial charge in [-0.15, -0.1) is 0 Å². The second kappa shape index (κ2) is 51.9. The fraction of sp³-hybridized carbons (Fsp3) is 0.649. The minimum absolute atomic E-state index is 0.0749. The highest BCUT2D eigenvalue weighted by atomic mass is 16.6. The van der Waals surface area contributed by atoms with Crippen LogP contribution < -0.4 is 0 Å². The first-order chi connectivity index (χ1) is 30.6. The lowest BCUT2D eigenvalue weighted by molar-refractivity contribution is -0.161.